The van der Waals surface area contributed by atoms with Gasteiger partial charge in [-0.1, -0.05) is 35.8 Å². The van der Waals surface area contributed by atoms with Crippen LogP contribution in [0.1, 0.15) is 38.2 Å². The van der Waals surface area contributed by atoms with Crippen LogP contribution in [0.2, 0.25) is 0 Å². The first-order valence-corrected chi connectivity index (χ1v) is 10.2. The molecule has 0 fully saturated rings. The summed E-state index contributed by atoms with van der Waals surface area (Å²) in [4.78, 5) is 19.4. The fourth-order valence-corrected chi connectivity index (χ4v) is 4.54. The molecule has 0 bridgehead atoms. The maximum atomic E-state index is 13.3. The molecule has 6 heteroatoms. The fourth-order valence-electron chi connectivity index (χ4n) is 4.27. The molecule has 2 heterocycles. The third-order valence-electron chi connectivity index (χ3n) is 5.48. The molecule has 1 aromatic heterocycles. The van der Waals surface area contributed by atoms with Crippen molar-refractivity contribution < 1.29 is 4.79 Å². The normalized spacial score (nSPS) is 21.1. The summed E-state index contributed by atoms with van der Waals surface area (Å²) in [5.41, 5.74) is 9.95. The van der Waals surface area contributed by atoms with Crippen molar-refractivity contribution in [3.63, 3.8) is 0 Å². The van der Waals surface area contributed by atoms with Gasteiger partial charge >= 0.3 is 0 Å². The highest BCUT2D eigenvalue weighted by molar-refractivity contribution is 9.10. The fraction of sp³-hybridized carbons (Fsp3) is 0.261. The Morgan fingerprint density at radius 3 is 2.59 bits per heavy atom. The number of aromatic nitrogens is 1. The van der Waals surface area contributed by atoms with Crippen LogP contribution in [0, 0.1) is 16.7 Å². The molecule has 1 aliphatic heterocycles. The highest BCUT2D eigenvalue weighted by atomic mass is 79.9. The van der Waals surface area contributed by atoms with Gasteiger partial charge in [0.05, 0.1) is 17.6 Å². The van der Waals surface area contributed by atoms with E-state index in [0.29, 0.717) is 29.8 Å². The van der Waals surface area contributed by atoms with Gasteiger partial charge in [-0.3, -0.25) is 14.7 Å². The van der Waals surface area contributed by atoms with Crippen LogP contribution in [-0.2, 0) is 4.79 Å². The lowest BCUT2D eigenvalue weighted by molar-refractivity contribution is -0.118. The number of ketones is 1. The minimum Gasteiger partial charge on any atom is -0.384 e. The molecule has 1 aromatic carbocycles. The average molecular weight is 449 g/mol. The van der Waals surface area contributed by atoms with E-state index in [1.807, 2.05) is 41.3 Å². The molecule has 0 saturated heterocycles. The van der Waals surface area contributed by atoms with E-state index in [-0.39, 0.29) is 11.2 Å². The number of pyridine rings is 1. The zero-order valence-electron chi connectivity index (χ0n) is 16.3. The number of carbonyl (C=O) groups is 1. The number of hydrogen-bond acceptors (Lipinski definition) is 5. The molecular weight excluding hydrogens is 428 g/mol. The van der Waals surface area contributed by atoms with Crippen molar-refractivity contribution in [2.75, 3.05) is 4.90 Å². The zero-order valence-corrected chi connectivity index (χ0v) is 17.9. The smallest absolute Gasteiger partial charge is 0.162 e. The molecular formula is C23H21BrN4O. The van der Waals surface area contributed by atoms with E-state index in [1.165, 1.54) is 0 Å². The van der Waals surface area contributed by atoms with Crippen molar-refractivity contribution >= 4 is 27.4 Å². The lowest BCUT2D eigenvalue weighted by atomic mass is 9.68. The predicted octanol–water partition coefficient (Wildman–Crippen LogP) is 4.78. The van der Waals surface area contributed by atoms with Crippen LogP contribution in [0.4, 0.5) is 5.69 Å². The van der Waals surface area contributed by atoms with E-state index >= 15 is 0 Å². The summed E-state index contributed by atoms with van der Waals surface area (Å²) in [6.07, 6.45) is 4.53. The van der Waals surface area contributed by atoms with Crippen LogP contribution in [0.5, 0.6) is 0 Å². The van der Waals surface area contributed by atoms with Gasteiger partial charge in [0.1, 0.15) is 5.82 Å². The van der Waals surface area contributed by atoms with E-state index in [1.54, 1.807) is 12.4 Å². The number of carbonyl (C=O) groups excluding carboxylic acids is 1. The Hall–Kier alpha value is -2.91. The van der Waals surface area contributed by atoms with Gasteiger partial charge in [-0.05, 0) is 47.7 Å². The molecule has 1 atom stereocenters. The van der Waals surface area contributed by atoms with Crippen LogP contribution < -0.4 is 10.6 Å². The molecule has 4 rings (SSSR count). The summed E-state index contributed by atoms with van der Waals surface area (Å²) in [5.74, 6) is -0.0561. The van der Waals surface area contributed by atoms with Crippen molar-refractivity contribution in [2.45, 2.75) is 32.6 Å². The minimum atomic E-state index is -0.487. The largest absolute Gasteiger partial charge is 0.384 e. The molecule has 2 N–H and O–H groups in total. The SMILES string of the molecule is CC1(C)CC(=O)C2=C(C1)N(c1ccc(Br)cc1)C(N)=C(C#N)[C@@H]2c1cccnc1. The molecule has 2 aliphatic rings. The Bertz CT molecular complexity index is 1080. The monoisotopic (exact) mass is 448 g/mol. The van der Waals surface area contributed by atoms with Gasteiger partial charge in [0.2, 0.25) is 0 Å². The van der Waals surface area contributed by atoms with Crippen LogP contribution in [0.3, 0.4) is 0 Å². The number of benzene rings is 1. The second-order valence-electron chi connectivity index (χ2n) is 8.24. The summed E-state index contributed by atoms with van der Waals surface area (Å²) in [7, 11) is 0. The first-order chi connectivity index (χ1) is 13.8. The maximum absolute atomic E-state index is 13.3. The number of nitriles is 1. The van der Waals surface area contributed by atoms with Crippen molar-refractivity contribution in [3.8, 4) is 6.07 Å². The van der Waals surface area contributed by atoms with Crippen molar-refractivity contribution in [1.82, 2.24) is 4.98 Å². The first kappa shape index (κ1) is 19.4. The number of anilines is 1. The molecule has 0 spiro atoms. The predicted molar refractivity (Wildman–Crippen MR) is 115 cm³/mol. The molecule has 2 aromatic rings. The van der Waals surface area contributed by atoms with Crippen LogP contribution in [-0.4, -0.2) is 10.8 Å². The number of hydrogen-bond donors (Lipinski definition) is 1. The van der Waals surface area contributed by atoms with E-state index < -0.39 is 5.92 Å². The van der Waals surface area contributed by atoms with Gasteiger partial charge in [0.25, 0.3) is 0 Å². The molecule has 0 amide bonds. The number of allylic oxidation sites excluding steroid dienone is 3. The van der Waals surface area contributed by atoms with Gasteiger partial charge in [-0.2, -0.15) is 5.26 Å². The third kappa shape index (κ3) is 3.36. The second-order valence-corrected chi connectivity index (χ2v) is 9.16. The molecule has 0 unspecified atom stereocenters. The van der Waals surface area contributed by atoms with E-state index in [4.69, 9.17) is 5.73 Å². The van der Waals surface area contributed by atoms with Crippen LogP contribution in [0.15, 0.2) is 75.9 Å². The van der Waals surface area contributed by atoms with E-state index in [0.717, 1.165) is 21.4 Å². The summed E-state index contributed by atoms with van der Waals surface area (Å²) in [6.45, 7) is 4.18. The van der Waals surface area contributed by atoms with Crippen molar-refractivity contribution in [2.24, 2.45) is 11.1 Å². The third-order valence-corrected chi connectivity index (χ3v) is 6.01. The standard InChI is InChI=1S/C23H21BrN4O/c1-23(2)10-18-21(19(29)11-23)20(14-4-3-9-27-13-14)17(12-25)22(26)28(18)16-7-5-15(24)6-8-16/h3-9,13,20H,10-11,26H2,1-2H3/t20-/m0/s1. The average Bonchev–Trinajstić information content (AvgIpc) is 2.68. The molecule has 1 aliphatic carbocycles. The maximum Gasteiger partial charge on any atom is 0.162 e. The van der Waals surface area contributed by atoms with Crippen molar-refractivity contribution in [1.29, 1.82) is 5.26 Å². The number of nitrogens with zero attached hydrogens (tertiary/aromatic N) is 3. The minimum absolute atomic E-state index is 0.0625. The Kier molecular flexibility index (Phi) is 4.79. The number of nitrogens with two attached hydrogens (primary N) is 1. The number of rotatable bonds is 2. The lowest BCUT2D eigenvalue weighted by Gasteiger charge is -2.43. The molecule has 29 heavy (non-hydrogen) atoms. The zero-order chi connectivity index (χ0) is 20.8. The second kappa shape index (κ2) is 7.16. The number of halogens is 1. The quantitative estimate of drug-likeness (QED) is 0.713. The summed E-state index contributed by atoms with van der Waals surface area (Å²) < 4.78 is 0.948. The molecule has 0 saturated carbocycles. The van der Waals surface area contributed by atoms with E-state index in [9.17, 15) is 10.1 Å². The molecule has 0 radical (unpaired) electrons. The van der Waals surface area contributed by atoms with E-state index in [2.05, 4.69) is 40.8 Å². The molecule has 146 valence electrons. The summed E-state index contributed by atoms with van der Waals surface area (Å²) in [6, 6.07) is 13.7. The van der Waals surface area contributed by atoms with Gasteiger partial charge in [-0.25, -0.2) is 0 Å². The van der Waals surface area contributed by atoms with Crippen molar-refractivity contribution in [3.05, 3.63) is 81.5 Å². The Morgan fingerprint density at radius 1 is 1.24 bits per heavy atom. The highest BCUT2D eigenvalue weighted by Gasteiger charge is 2.44. The van der Waals surface area contributed by atoms with Gasteiger partial charge in [0, 0.05) is 40.2 Å². The van der Waals surface area contributed by atoms with Gasteiger partial charge < -0.3 is 5.73 Å². The van der Waals surface area contributed by atoms with Crippen LogP contribution >= 0.6 is 15.9 Å². The Labute approximate surface area is 178 Å². The highest BCUT2D eigenvalue weighted by Crippen LogP contribution is 2.50. The summed E-state index contributed by atoms with van der Waals surface area (Å²) >= 11 is 3.46. The first-order valence-electron chi connectivity index (χ1n) is 9.44. The summed E-state index contributed by atoms with van der Waals surface area (Å²) in [5, 5.41) is 10.0. The lowest BCUT2D eigenvalue weighted by Crippen LogP contribution is -2.42. The topological polar surface area (TPSA) is 83.0 Å². The van der Waals surface area contributed by atoms with Gasteiger partial charge in [-0.15, -0.1) is 0 Å². The Morgan fingerprint density at radius 2 is 1.97 bits per heavy atom. The van der Waals surface area contributed by atoms with Crippen LogP contribution in [0.25, 0.3) is 0 Å². The number of Topliss-reactive ketones (excluding diaryl/α,β-unsaturated/α-hetero) is 1. The van der Waals surface area contributed by atoms with Gasteiger partial charge in [0.15, 0.2) is 5.78 Å². The Balaban J connectivity index is 1.99. The molecule has 5 nitrogen and oxygen atoms in total.